The molecular formula is C12H17ClN2O3. The lowest BCUT2D eigenvalue weighted by atomic mass is 10.2. The number of aliphatic hydroxyl groups excluding tert-OH is 1. The van der Waals surface area contributed by atoms with Gasteiger partial charge in [0.25, 0.3) is 5.69 Å². The molecule has 5 nitrogen and oxygen atoms in total. The second kappa shape index (κ2) is 7.31. The first-order valence-corrected chi connectivity index (χ1v) is 6.22. The summed E-state index contributed by atoms with van der Waals surface area (Å²) in [7, 11) is 0. The maximum Gasteiger partial charge on any atom is 0.269 e. The molecule has 1 rings (SSSR count). The molecule has 0 spiro atoms. The first-order valence-electron chi connectivity index (χ1n) is 5.84. The molecule has 0 aliphatic heterocycles. The number of nitro groups is 1. The highest BCUT2D eigenvalue weighted by atomic mass is 35.5. The fourth-order valence-electron chi connectivity index (χ4n) is 1.76. The molecule has 18 heavy (non-hydrogen) atoms. The molecule has 0 amide bonds. The molecule has 0 saturated heterocycles. The summed E-state index contributed by atoms with van der Waals surface area (Å²) >= 11 is 6.03. The maximum atomic E-state index is 10.7. The van der Waals surface area contributed by atoms with Gasteiger partial charge in [0.1, 0.15) is 0 Å². The van der Waals surface area contributed by atoms with Gasteiger partial charge >= 0.3 is 0 Å². The minimum absolute atomic E-state index is 0.0369. The summed E-state index contributed by atoms with van der Waals surface area (Å²) < 4.78 is 0. The molecule has 0 atom stereocenters. The van der Waals surface area contributed by atoms with E-state index in [1.807, 2.05) is 11.8 Å². The van der Waals surface area contributed by atoms with Gasteiger partial charge in [-0.1, -0.05) is 18.5 Å². The molecule has 0 aliphatic carbocycles. The largest absolute Gasteiger partial charge is 0.395 e. The van der Waals surface area contributed by atoms with Crippen molar-refractivity contribution < 1.29 is 10.0 Å². The van der Waals surface area contributed by atoms with Crippen molar-refractivity contribution in [3.05, 3.63) is 38.9 Å². The van der Waals surface area contributed by atoms with Crippen LogP contribution >= 0.6 is 11.6 Å². The summed E-state index contributed by atoms with van der Waals surface area (Å²) in [5, 5.41) is 20.2. The van der Waals surface area contributed by atoms with Crippen LogP contribution in [-0.4, -0.2) is 34.6 Å². The van der Waals surface area contributed by atoms with Crippen LogP contribution in [0.5, 0.6) is 0 Å². The van der Waals surface area contributed by atoms with Crippen LogP contribution in [-0.2, 0) is 6.54 Å². The standard InChI is InChI=1S/C12H17ClN2O3/c1-2-5-14(6-7-16)9-10-8-11(15(17)18)3-4-12(10)13/h3-4,8,16H,2,5-7,9H2,1H3. The van der Waals surface area contributed by atoms with Gasteiger partial charge in [-0.05, 0) is 24.6 Å². The van der Waals surface area contributed by atoms with E-state index >= 15 is 0 Å². The van der Waals surface area contributed by atoms with Crippen molar-refractivity contribution in [2.45, 2.75) is 19.9 Å². The first kappa shape index (κ1) is 14.9. The van der Waals surface area contributed by atoms with Gasteiger partial charge < -0.3 is 5.11 Å². The van der Waals surface area contributed by atoms with E-state index in [9.17, 15) is 10.1 Å². The Morgan fingerprint density at radius 2 is 2.17 bits per heavy atom. The Labute approximate surface area is 111 Å². The molecule has 0 heterocycles. The Balaban J connectivity index is 2.86. The second-order valence-electron chi connectivity index (χ2n) is 4.03. The highest BCUT2D eigenvalue weighted by molar-refractivity contribution is 6.31. The smallest absolute Gasteiger partial charge is 0.269 e. The van der Waals surface area contributed by atoms with Crippen molar-refractivity contribution in [3.8, 4) is 0 Å². The summed E-state index contributed by atoms with van der Waals surface area (Å²) in [6.07, 6.45) is 0.951. The summed E-state index contributed by atoms with van der Waals surface area (Å²) in [5.41, 5.74) is 0.752. The van der Waals surface area contributed by atoms with Crippen molar-refractivity contribution in [3.63, 3.8) is 0 Å². The quantitative estimate of drug-likeness (QED) is 0.612. The van der Waals surface area contributed by atoms with Gasteiger partial charge in [0, 0.05) is 30.2 Å². The van der Waals surface area contributed by atoms with Crippen LogP contribution in [0.1, 0.15) is 18.9 Å². The van der Waals surface area contributed by atoms with Crippen LogP contribution in [0.15, 0.2) is 18.2 Å². The molecule has 0 aromatic heterocycles. The number of halogens is 1. The second-order valence-corrected chi connectivity index (χ2v) is 4.44. The number of hydrogen-bond donors (Lipinski definition) is 1. The minimum Gasteiger partial charge on any atom is -0.395 e. The summed E-state index contributed by atoms with van der Waals surface area (Å²) in [4.78, 5) is 12.3. The molecule has 6 heteroatoms. The Bertz CT molecular complexity index is 406. The van der Waals surface area contributed by atoms with Gasteiger partial charge in [0.15, 0.2) is 0 Å². The molecule has 0 aliphatic rings. The third-order valence-electron chi connectivity index (χ3n) is 2.59. The van der Waals surface area contributed by atoms with Crippen LogP contribution in [0.3, 0.4) is 0 Å². The molecule has 1 aromatic carbocycles. The third-order valence-corrected chi connectivity index (χ3v) is 2.96. The van der Waals surface area contributed by atoms with E-state index < -0.39 is 4.92 Å². The highest BCUT2D eigenvalue weighted by Gasteiger charge is 2.12. The average molecular weight is 273 g/mol. The molecule has 0 bridgehead atoms. The monoisotopic (exact) mass is 272 g/mol. The molecule has 0 fully saturated rings. The van der Waals surface area contributed by atoms with Gasteiger partial charge in [-0.3, -0.25) is 15.0 Å². The van der Waals surface area contributed by atoms with E-state index in [0.29, 0.717) is 23.7 Å². The Kier molecular flexibility index (Phi) is 6.04. The lowest BCUT2D eigenvalue weighted by Gasteiger charge is -2.21. The van der Waals surface area contributed by atoms with E-state index in [-0.39, 0.29) is 12.3 Å². The van der Waals surface area contributed by atoms with Crippen molar-refractivity contribution in [2.75, 3.05) is 19.7 Å². The van der Waals surface area contributed by atoms with E-state index in [1.165, 1.54) is 18.2 Å². The molecule has 0 saturated carbocycles. The average Bonchev–Trinajstić information content (AvgIpc) is 2.32. The van der Waals surface area contributed by atoms with Crippen molar-refractivity contribution in [1.29, 1.82) is 0 Å². The fourth-order valence-corrected chi connectivity index (χ4v) is 1.94. The number of nitro benzene ring substituents is 1. The van der Waals surface area contributed by atoms with E-state index in [1.54, 1.807) is 0 Å². The number of nitrogens with zero attached hydrogens (tertiary/aromatic N) is 2. The van der Waals surface area contributed by atoms with Crippen LogP contribution in [0.25, 0.3) is 0 Å². The summed E-state index contributed by atoms with van der Waals surface area (Å²) in [6, 6.07) is 4.42. The predicted octanol–water partition coefficient (Wildman–Crippen LogP) is 2.45. The zero-order chi connectivity index (χ0) is 13.5. The summed E-state index contributed by atoms with van der Waals surface area (Å²) in [5.74, 6) is 0. The van der Waals surface area contributed by atoms with Crippen LogP contribution in [0, 0.1) is 10.1 Å². The minimum atomic E-state index is -0.434. The van der Waals surface area contributed by atoms with Crippen LogP contribution < -0.4 is 0 Å². The van der Waals surface area contributed by atoms with Crippen molar-refractivity contribution >= 4 is 17.3 Å². The lowest BCUT2D eigenvalue weighted by Crippen LogP contribution is -2.27. The summed E-state index contributed by atoms with van der Waals surface area (Å²) in [6.45, 7) is 3.97. The normalized spacial score (nSPS) is 10.9. The third kappa shape index (κ3) is 4.25. The number of non-ortho nitro benzene ring substituents is 1. The SMILES string of the molecule is CCCN(CCO)Cc1cc([N+](=O)[O-])ccc1Cl. The number of hydrogen-bond acceptors (Lipinski definition) is 4. The molecule has 0 radical (unpaired) electrons. The van der Waals surface area contributed by atoms with Gasteiger partial charge in [0.2, 0.25) is 0 Å². The number of benzene rings is 1. The fraction of sp³-hybridized carbons (Fsp3) is 0.500. The molecule has 1 N–H and O–H groups in total. The zero-order valence-electron chi connectivity index (χ0n) is 10.3. The zero-order valence-corrected chi connectivity index (χ0v) is 11.1. The van der Waals surface area contributed by atoms with Crippen LogP contribution in [0.2, 0.25) is 5.02 Å². The molecule has 1 aromatic rings. The lowest BCUT2D eigenvalue weighted by molar-refractivity contribution is -0.384. The Morgan fingerprint density at radius 1 is 1.44 bits per heavy atom. The topological polar surface area (TPSA) is 66.6 Å². The maximum absolute atomic E-state index is 10.7. The van der Waals surface area contributed by atoms with E-state index in [4.69, 9.17) is 16.7 Å². The predicted molar refractivity (Wildman–Crippen MR) is 70.8 cm³/mol. The Hall–Kier alpha value is -1.17. The van der Waals surface area contributed by atoms with E-state index in [0.717, 1.165) is 13.0 Å². The van der Waals surface area contributed by atoms with Gasteiger partial charge in [-0.25, -0.2) is 0 Å². The van der Waals surface area contributed by atoms with Gasteiger partial charge in [-0.2, -0.15) is 0 Å². The molecule has 100 valence electrons. The molecule has 0 unspecified atom stereocenters. The van der Waals surface area contributed by atoms with Crippen molar-refractivity contribution in [2.24, 2.45) is 0 Å². The van der Waals surface area contributed by atoms with Gasteiger partial charge in [0.05, 0.1) is 11.5 Å². The Morgan fingerprint density at radius 3 is 2.72 bits per heavy atom. The number of aliphatic hydroxyl groups is 1. The van der Waals surface area contributed by atoms with Gasteiger partial charge in [-0.15, -0.1) is 0 Å². The van der Waals surface area contributed by atoms with E-state index in [2.05, 4.69) is 0 Å². The van der Waals surface area contributed by atoms with Crippen LogP contribution in [0.4, 0.5) is 5.69 Å². The molecular weight excluding hydrogens is 256 g/mol. The highest BCUT2D eigenvalue weighted by Crippen LogP contribution is 2.23. The van der Waals surface area contributed by atoms with Crippen molar-refractivity contribution in [1.82, 2.24) is 4.90 Å². The number of rotatable bonds is 7. The first-order chi connectivity index (χ1) is 8.58.